The summed E-state index contributed by atoms with van der Waals surface area (Å²) in [4.78, 5) is 0. The second-order valence-electron chi connectivity index (χ2n) is 10.6. The molecule has 0 spiro atoms. The lowest BCUT2D eigenvalue weighted by atomic mass is 10.0. The predicted octanol–water partition coefficient (Wildman–Crippen LogP) is 9.73. The average molecular weight is 524 g/mol. The fraction of sp³-hybridized carbons (Fsp3) is 0.0263. The molecular weight excluding hydrogens is 498 g/mol. The van der Waals surface area contributed by atoms with Crippen molar-refractivity contribution in [3.63, 3.8) is 0 Å². The van der Waals surface area contributed by atoms with Crippen molar-refractivity contribution in [1.82, 2.24) is 9.13 Å². The first-order chi connectivity index (χ1) is 20.2. The highest BCUT2D eigenvalue weighted by Gasteiger charge is 2.16. The number of benzene rings is 6. The van der Waals surface area contributed by atoms with Gasteiger partial charge in [0, 0.05) is 32.9 Å². The van der Waals surface area contributed by atoms with E-state index in [9.17, 15) is 5.26 Å². The van der Waals surface area contributed by atoms with Crippen LogP contribution in [-0.4, -0.2) is 9.13 Å². The van der Waals surface area contributed by atoms with Gasteiger partial charge in [-0.05, 0) is 84.3 Å². The molecule has 192 valence electrons. The number of nitriles is 1. The van der Waals surface area contributed by atoms with Gasteiger partial charge >= 0.3 is 0 Å². The van der Waals surface area contributed by atoms with Crippen molar-refractivity contribution < 1.29 is 0 Å². The molecule has 0 amide bonds. The van der Waals surface area contributed by atoms with Crippen LogP contribution in [0.3, 0.4) is 0 Å². The van der Waals surface area contributed by atoms with Crippen LogP contribution in [0.15, 0.2) is 133 Å². The van der Waals surface area contributed by atoms with E-state index < -0.39 is 0 Å². The topological polar surface area (TPSA) is 33.6 Å². The molecule has 0 aliphatic rings. The Kier molecular flexibility index (Phi) is 5.10. The molecule has 0 N–H and O–H groups in total. The zero-order valence-electron chi connectivity index (χ0n) is 22.5. The van der Waals surface area contributed by atoms with Gasteiger partial charge in [0.1, 0.15) is 0 Å². The molecule has 0 radical (unpaired) electrons. The summed E-state index contributed by atoms with van der Waals surface area (Å²) in [6.07, 6.45) is 0. The highest BCUT2D eigenvalue weighted by molar-refractivity contribution is 6.12. The van der Waals surface area contributed by atoms with Crippen molar-refractivity contribution in [1.29, 1.82) is 5.26 Å². The van der Waals surface area contributed by atoms with Crippen LogP contribution in [0.5, 0.6) is 0 Å². The van der Waals surface area contributed by atoms with Crippen molar-refractivity contribution in [2.45, 2.75) is 6.92 Å². The molecule has 2 heterocycles. The van der Waals surface area contributed by atoms with Crippen molar-refractivity contribution in [3.05, 3.63) is 145 Å². The molecule has 0 unspecified atom stereocenters. The Bertz CT molecular complexity index is 2330. The third-order valence-corrected chi connectivity index (χ3v) is 8.26. The highest BCUT2D eigenvalue weighted by atomic mass is 15.0. The van der Waals surface area contributed by atoms with Crippen LogP contribution in [0, 0.1) is 18.3 Å². The molecular formula is C38H25N3. The molecule has 0 saturated carbocycles. The van der Waals surface area contributed by atoms with Gasteiger partial charge in [0.25, 0.3) is 0 Å². The molecule has 41 heavy (non-hydrogen) atoms. The van der Waals surface area contributed by atoms with Crippen LogP contribution in [0.1, 0.15) is 11.1 Å². The third-order valence-electron chi connectivity index (χ3n) is 8.26. The summed E-state index contributed by atoms with van der Waals surface area (Å²) in [6.45, 7) is 2.08. The summed E-state index contributed by atoms with van der Waals surface area (Å²) in [6, 6.07) is 49.6. The maximum Gasteiger partial charge on any atom is 0.0991 e. The minimum Gasteiger partial charge on any atom is -0.309 e. The first-order valence-corrected chi connectivity index (χ1v) is 13.8. The van der Waals surface area contributed by atoms with E-state index in [1.807, 2.05) is 12.1 Å². The minimum atomic E-state index is 0.678. The lowest BCUT2D eigenvalue weighted by Gasteiger charge is -2.12. The summed E-state index contributed by atoms with van der Waals surface area (Å²) in [5.41, 5.74) is 11.1. The molecule has 0 saturated heterocycles. The average Bonchev–Trinajstić information content (AvgIpc) is 3.53. The van der Waals surface area contributed by atoms with Gasteiger partial charge in [0.15, 0.2) is 0 Å². The van der Waals surface area contributed by atoms with Crippen LogP contribution in [-0.2, 0) is 0 Å². The Balaban J connectivity index is 1.36. The molecule has 3 heteroatoms. The Labute approximate surface area is 237 Å². The molecule has 8 rings (SSSR count). The molecule has 6 aromatic carbocycles. The van der Waals surface area contributed by atoms with Crippen molar-refractivity contribution in [2.24, 2.45) is 0 Å². The summed E-state index contributed by atoms with van der Waals surface area (Å²) in [5.74, 6) is 0. The molecule has 0 bridgehead atoms. The van der Waals surface area contributed by atoms with E-state index in [2.05, 4.69) is 143 Å². The third kappa shape index (κ3) is 3.51. The van der Waals surface area contributed by atoms with Crippen molar-refractivity contribution in [3.8, 4) is 28.6 Å². The van der Waals surface area contributed by atoms with E-state index in [1.54, 1.807) is 0 Å². The molecule has 2 aromatic heterocycles. The maximum atomic E-state index is 9.40. The minimum absolute atomic E-state index is 0.678. The van der Waals surface area contributed by atoms with Crippen molar-refractivity contribution in [2.75, 3.05) is 0 Å². The van der Waals surface area contributed by atoms with Gasteiger partial charge in [0.05, 0.1) is 33.7 Å². The number of para-hydroxylation sites is 3. The zero-order valence-corrected chi connectivity index (χ0v) is 22.5. The van der Waals surface area contributed by atoms with Crippen LogP contribution in [0.25, 0.3) is 66.1 Å². The number of hydrogen-bond donors (Lipinski definition) is 0. The number of aryl methyl sites for hydroxylation is 1. The van der Waals surface area contributed by atoms with Gasteiger partial charge in [-0.3, -0.25) is 0 Å². The number of rotatable bonds is 3. The Morgan fingerprint density at radius 3 is 1.85 bits per heavy atom. The number of nitrogens with zero attached hydrogens (tertiary/aromatic N) is 3. The van der Waals surface area contributed by atoms with Crippen molar-refractivity contribution >= 4 is 43.6 Å². The predicted molar refractivity (Wildman–Crippen MR) is 170 cm³/mol. The van der Waals surface area contributed by atoms with Gasteiger partial charge in [-0.2, -0.15) is 5.26 Å². The first-order valence-electron chi connectivity index (χ1n) is 13.8. The van der Waals surface area contributed by atoms with Gasteiger partial charge in [-0.15, -0.1) is 0 Å². The quantitative estimate of drug-likeness (QED) is 0.227. The van der Waals surface area contributed by atoms with Gasteiger partial charge < -0.3 is 9.13 Å². The standard InChI is InChI=1S/C38H25N3/c1-25-21-26(24-39)15-19-34(25)41-36-14-8-6-12-31(36)33-22-27(17-20-37(33)41)28-16-18-32-30-11-5-7-13-35(30)40(38(32)23-28)29-9-3-2-4-10-29/h2-23H,1H3. The monoisotopic (exact) mass is 523 g/mol. The Morgan fingerprint density at radius 2 is 1.10 bits per heavy atom. The summed E-state index contributed by atoms with van der Waals surface area (Å²) < 4.78 is 4.69. The maximum absolute atomic E-state index is 9.40. The molecule has 3 nitrogen and oxygen atoms in total. The van der Waals surface area contributed by atoms with E-state index in [-0.39, 0.29) is 0 Å². The molecule has 0 atom stereocenters. The smallest absolute Gasteiger partial charge is 0.0991 e. The van der Waals surface area contributed by atoms with Crippen LogP contribution in [0.2, 0.25) is 0 Å². The highest BCUT2D eigenvalue weighted by Crippen LogP contribution is 2.38. The van der Waals surface area contributed by atoms with Gasteiger partial charge in [-0.25, -0.2) is 0 Å². The van der Waals surface area contributed by atoms with E-state index >= 15 is 0 Å². The first kappa shape index (κ1) is 23.3. The van der Waals surface area contributed by atoms with Crippen LogP contribution < -0.4 is 0 Å². The van der Waals surface area contributed by atoms with E-state index in [0.29, 0.717) is 5.56 Å². The lowest BCUT2D eigenvalue weighted by molar-refractivity contribution is 1.15. The second kappa shape index (κ2) is 8.98. The summed E-state index contributed by atoms with van der Waals surface area (Å²) >= 11 is 0. The van der Waals surface area contributed by atoms with Crippen LogP contribution >= 0.6 is 0 Å². The fourth-order valence-corrected chi connectivity index (χ4v) is 6.39. The number of hydrogen-bond acceptors (Lipinski definition) is 1. The van der Waals surface area contributed by atoms with E-state index in [1.165, 1.54) is 43.7 Å². The van der Waals surface area contributed by atoms with Gasteiger partial charge in [0.2, 0.25) is 0 Å². The zero-order chi connectivity index (χ0) is 27.5. The molecule has 8 aromatic rings. The van der Waals surface area contributed by atoms with E-state index in [4.69, 9.17) is 0 Å². The molecule has 0 aliphatic carbocycles. The normalized spacial score (nSPS) is 11.5. The lowest BCUT2D eigenvalue weighted by Crippen LogP contribution is -1.97. The SMILES string of the molecule is Cc1cc(C#N)ccc1-n1c2ccccc2c2cc(-c3ccc4c5ccccc5n(-c5ccccc5)c4c3)ccc21. The summed E-state index contributed by atoms with van der Waals surface area (Å²) in [5, 5.41) is 14.3. The molecule has 0 aliphatic heterocycles. The second-order valence-corrected chi connectivity index (χ2v) is 10.6. The number of aromatic nitrogens is 2. The Morgan fingerprint density at radius 1 is 0.488 bits per heavy atom. The fourth-order valence-electron chi connectivity index (χ4n) is 6.39. The largest absolute Gasteiger partial charge is 0.309 e. The molecule has 0 fully saturated rings. The van der Waals surface area contributed by atoms with Gasteiger partial charge in [-0.1, -0.05) is 72.8 Å². The van der Waals surface area contributed by atoms with E-state index in [0.717, 1.165) is 28.0 Å². The Hall–Kier alpha value is -5.59. The van der Waals surface area contributed by atoms with Crippen LogP contribution in [0.4, 0.5) is 0 Å². The summed E-state index contributed by atoms with van der Waals surface area (Å²) in [7, 11) is 0. The number of fused-ring (bicyclic) bond motifs is 6.